The molecule has 3 heterocycles. The molecular weight excluding hydrogens is 422 g/mol. The maximum atomic E-state index is 12.1. The first-order valence-electron chi connectivity index (χ1n) is 7.78. The van der Waals surface area contributed by atoms with Crippen LogP contribution >= 0.6 is 15.9 Å². The quantitative estimate of drug-likeness (QED) is 0.340. The number of aromatic nitrogens is 4. The summed E-state index contributed by atoms with van der Waals surface area (Å²) >= 11 is 3.28. The molecule has 0 radical (unpaired) electrons. The van der Waals surface area contributed by atoms with E-state index in [0.717, 1.165) is 4.47 Å². The largest absolute Gasteiger partial charge is 0.458 e. The molecule has 0 unspecified atom stereocenters. The van der Waals surface area contributed by atoms with E-state index >= 15 is 0 Å². The smallest absolute Gasteiger partial charge is 0.328 e. The van der Waals surface area contributed by atoms with Gasteiger partial charge in [-0.3, -0.25) is 28.8 Å². The Hall–Kier alpha value is -3.08. The van der Waals surface area contributed by atoms with Crippen LogP contribution in [-0.4, -0.2) is 30.1 Å². The number of hydrogen-bond donors (Lipinski definition) is 0. The zero-order valence-electron chi connectivity index (χ0n) is 14.4. The minimum Gasteiger partial charge on any atom is -0.458 e. The van der Waals surface area contributed by atoms with Gasteiger partial charge in [0.25, 0.3) is 5.56 Å². The van der Waals surface area contributed by atoms with Crippen LogP contribution in [0.1, 0.15) is 17.1 Å². The van der Waals surface area contributed by atoms with Gasteiger partial charge in [0, 0.05) is 16.7 Å². The molecule has 11 heteroatoms. The van der Waals surface area contributed by atoms with Crippen LogP contribution in [-0.2, 0) is 22.7 Å². The molecular formula is C16H14BrN5O5. The first-order valence-corrected chi connectivity index (χ1v) is 8.57. The molecule has 0 aliphatic rings. The summed E-state index contributed by atoms with van der Waals surface area (Å²) in [4.78, 5) is 38.9. The van der Waals surface area contributed by atoms with Gasteiger partial charge in [-0.1, -0.05) is 0 Å². The van der Waals surface area contributed by atoms with E-state index in [-0.39, 0.29) is 35.8 Å². The Morgan fingerprint density at radius 3 is 2.78 bits per heavy atom. The number of hydrogen-bond acceptors (Lipinski definition) is 7. The van der Waals surface area contributed by atoms with Crippen molar-refractivity contribution in [3.8, 4) is 0 Å². The predicted octanol–water partition coefficient (Wildman–Crippen LogP) is 1.92. The summed E-state index contributed by atoms with van der Waals surface area (Å²) in [6, 6.07) is 4.68. The highest BCUT2D eigenvalue weighted by Crippen LogP contribution is 2.21. The van der Waals surface area contributed by atoms with Crippen molar-refractivity contribution in [2.24, 2.45) is 0 Å². The van der Waals surface area contributed by atoms with Crippen molar-refractivity contribution in [2.45, 2.75) is 27.0 Å². The summed E-state index contributed by atoms with van der Waals surface area (Å²) in [6.07, 6.45) is 1.59. The van der Waals surface area contributed by atoms with Gasteiger partial charge >= 0.3 is 11.7 Å². The fourth-order valence-electron chi connectivity index (χ4n) is 2.63. The molecule has 140 valence electrons. The van der Waals surface area contributed by atoms with E-state index in [1.165, 1.54) is 29.0 Å². The summed E-state index contributed by atoms with van der Waals surface area (Å²) in [5.74, 6) is -0.645. The van der Waals surface area contributed by atoms with E-state index in [0.29, 0.717) is 11.3 Å². The second kappa shape index (κ2) is 7.27. The lowest BCUT2D eigenvalue weighted by Crippen LogP contribution is -2.18. The number of fused-ring (bicyclic) bond motifs is 1. The van der Waals surface area contributed by atoms with E-state index in [1.54, 1.807) is 18.3 Å². The molecule has 0 aliphatic carbocycles. The predicted molar refractivity (Wildman–Crippen MR) is 97.3 cm³/mol. The van der Waals surface area contributed by atoms with Crippen LogP contribution in [0.4, 0.5) is 5.69 Å². The number of nitro groups is 1. The Kier molecular flexibility index (Phi) is 5.04. The third kappa shape index (κ3) is 3.87. The molecule has 27 heavy (non-hydrogen) atoms. The molecule has 0 spiro atoms. The zero-order chi connectivity index (χ0) is 19.7. The SMILES string of the molecule is Cc1nn(CC(=O)OCc2cc(=O)n3cc(Br)ccc3n2)c(C)c1[N+](=O)[O-]. The number of carbonyl (C=O) groups is 1. The van der Waals surface area contributed by atoms with Gasteiger partial charge in [0.05, 0.1) is 10.6 Å². The van der Waals surface area contributed by atoms with Crippen molar-refractivity contribution < 1.29 is 14.5 Å². The van der Waals surface area contributed by atoms with Crippen LogP contribution in [0.2, 0.25) is 0 Å². The van der Waals surface area contributed by atoms with Crippen LogP contribution in [0.25, 0.3) is 5.65 Å². The fourth-order valence-corrected chi connectivity index (χ4v) is 2.96. The molecule has 10 nitrogen and oxygen atoms in total. The molecule has 3 aromatic rings. The molecule has 0 saturated carbocycles. The fraction of sp³-hybridized carbons (Fsp3) is 0.250. The average Bonchev–Trinajstić information content (AvgIpc) is 2.87. The van der Waals surface area contributed by atoms with Gasteiger partial charge in [-0.2, -0.15) is 5.10 Å². The van der Waals surface area contributed by atoms with Crippen LogP contribution in [0, 0.1) is 24.0 Å². The van der Waals surface area contributed by atoms with Crippen molar-refractivity contribution in [2.75, 3.05) is 0 Å². The molecule has 3 aromatic heterocycles. The highest BCUT2D eigenvalue weighted by Gasteiger charge is 2.23. The van der Waals surface area contributed by atoms with Crippen molar-refractivity contribution >= 4 is 33.2 Å². The van der Waals surface area contributed by atoms with Gasteiger partial charge in [-0.15, -0.1) is 0 Å². The number of ether oxygens (including phenoxy) is 1. The van der Waals surface area contributed by atoms with Gasteiger partial charge < -0.3 is 4.74 Å². The normalized spacial score (nSPS) is 10.9. The van der Waals surface area contributed by atoms with Crippen molar-refractivity contribution in [1.29, 1.82) is 0 Å². The van der Waals surface area contributed by atoms with E-state index in [2.05, 4.69) is 26.0 Å². The van der Waals surface area contributed by atoms with E-state index < -0.39 is 10.9 Å². The van der Waals surface area contributed by atoms with E-state index in [4.69, 9.17) is 4.74 Å². The summed E-state index contributed by atoms with van der Waals surface area (Å²) in [7, 11) is 0. The van der Waals surface area contributed by atoms with Crippen molar-refractivity contribution in [1.82, 2.24) is 19.2 Å². The summed E-state index contributed by atoms with van der Waals surface area (Å²) in [5.41, 5.74) is 0.781. The molecule has 0 bridgehead atoms. The number of esters is 1. The third-order valence-corrected chi connectivity index (χ3v) is 4.33. The number of rotatable bonds is 5. The lowest BCUT2D eigenvalue weighted by molar-refractivity contribution is -0.386. The molecule has 3 rings (SSSR count). The molecule has 0 aliphatic heterocycles. The maximum Gasteiger partial charge on any atom is 0.328 e. The molecule has 0 atom stereocenters. The van der Waals surface area contributed by atoms with Crippen molar-refractivity contribution in [3.63, 3.8) is 0 Å². The third-order valence-electron chi connectivity index (χ3n) is 3.86. The maximum absolute atomic E-state index is 12.1. The minimum atomic E-state index is -0.645. The lowest BCUT2D eigenvalue weighted by Gasteiger charge is -2.07. The second-order valence-corrected chi connectivity index (χ2v) is 6.67. The molecule has 0 amide bonds. The monoisotopic (exact) mass is 435 g/mol. The first kappa shape index (κ1) is 18.7. The number of nitrogens with zero attached hydrogens (tertiary/aromatic N) is 5. The topological polar surface area (TPSA) is 122 Å². The number of pyridine rings is 1. The molecule has 0 fully saturated rings. The Bertz CT molecular complexity index is 1120. The second-order valence-electron chi connectivity index (χ2n) is 5.76. The van der Waals surface area contributed by atoms with E-state index in [1.807, 2.05) is 0 Å². The lowest BCUT2D eigenvalue weighted by atomic mass is 10.3. The highest BCUT2D eigenvalue weighted by molar-refractivity contribution is 9.10. The average molecular weight is 436 g/mol. The summed E-state index contributed by atoms with van der Waals surface area (Å²) < 4.78 is 8.45. The standard InChI is InChI=1S/C16H14BrN5O5/c1-9-16(22(25)26)10(2)21(19-9)7-15(24)27-8-12-5-14(23)20-6-11(17)3-4-13(20)18-12/h3-6H,7-8H2,1-2H3. The van der Waals surface area contributed by atoms with Crippen LogP contribution in [0.15, 0.2) is 33.7 Å². The van der Waals surface area contributed by atoms with Gasteiger partial charge in [-0.05, 0) is 41.9 Å². The number of carbonyl (C=O) groups excluding carboxylic acids is 1. The Balaban J connectivity index is 1.72. The van der Waals surface area contributed by atoms with Gasteiger partial charge in [-0.25, -0.2) is 4.98 Å². The zero-order valence-corrected chi connectivity index (χ0v) is 16.0. The van der Waals surface area contributed by atoms with Gasteiger partial charge in [0.1, 0.15) is 30.2 Å². The van der Waals surface area contributed by atoms with Crippen molar-refractivity contribution in [3.05, 3.63) is 66.4 Å². The summed E-state index contributed by atoms with van der Waals surface area (Å²) in [6.45, 7) is 2.54. The Labute approximate surface area is 160 Å². The molecule has 0 saturated heterocycles. The van der Waals surface area contributed by atoms with E-state index in [9.17, 15) is 19.7 Å². The Morgan fingerprint density at radius 1 is 1.37 bits per heavy atom. The van der Waals surface area contributed by atoms with Gasteiger partial charge in [0.15, 0.2) is 0 Å². The van der Waals surface area contributed by atoms with Crippen LogP contribution in [0.5, 0.6) is 0 Å². The van der Waals surface area contributed by atoms with Crippen LogP contribution < -0.4 is 5.56 Å². The number of aryl methyl sites for hydroxylation is 1. The molecule has 0 aromatic carbocycles. The molecule has 0 N–H and O–H groups in total. The Morgan fingerprint density at radius 2 is 2.11 bits per heavy atom. The number of halogens is 1. The highest BCUT2D eigenvalue weighted by atomic mass is 79.9. The van der Waals surface area contributed by atoms with Gasteiger partial charge in [0.2, 0.25) is 0 Å². The first-order chi connectivity index (χ1) is 12.8. The minimum absolute atomic E-state index is 0.127. The van der Waals surface area contributed by atoms with Crippen LogP contribution in [0.3, 0.4) is 0 Å². The summed E-state index contributed by atoms with van der Waals surface area (Å²) in [5, 5.41) is 15.0.